The minimum atomic E-state index is 0.0135. The maximum absolute atomic E-state index is 12.4. The molecular formula is C14H21N3O2. The number of oxazole rings is 1. The van der Waals surface area contributed by atoms with Crippen LogP contribution in [0, 0.1) is 5.92 Å². The van der Waals surface area contributed by atoms with Gasteiger partial charge in [-0.05, 0) is 38.1 Å². The van der Waals surface area contributed by atoms with Crippen LogP contribution in [0.5, 0.6) is 0 Å². The summed E-state index contributed by atoms with van der Waals surface area (Å²) in [5.74, 6) is 1.26. The molecule has 104 valence electrons. The van der Waals surface area contributed by atoms with E-state index in [-0.39, 0.29) is 11.9 Å². The van der Waals surface area contributed by atoms with Crippen LogP contribution in [-0.2, 0) is 0 Å². The number of carbonyl (C=O) groups is 1. The second kappa shape index (κ2) is 5.33. The maximum atomic E-state index is 12.4. The Bertz CT molecular complexity index is 451. The van der Waals surface area contributed by atoms with E-state index in [0.717, 1.165) is 38.9 Å². The van der Waals surface area contributed by atoms with Gasteiger partial charge < -0.3 is 14.6 Å². The van der Waals surface area contributed by atoms with Crippen LogP contribution in [-0.4, -0.2) is 35.4 Å². The summed E-state index contributed by atoms with van der Waals surface area (Å²) in [6.07, 6.45) is 5.98. The van der Waals surface area contributed by atoms with Crippen molar-refractivity contribution >= 4 is 5.91 Å². The standard InChI is InChI=1S/C14H21N3O2/c1-10-4-3-7-17(8-10)14(18)12-9-19-13(16-12)11-5-2-6-15-11/h9-11,15H,2-8H2,1H3. The summed E-state index contributed by atoms with van der Waals surface area (Å²) in [4.78, 5) is 18.6. The van der Waals surface area contributed by atoms with Gasteiger partial charge in [0.15, 0.2) is 5.69 Å². The molecule has 3 heterocycles. The van der Waals surface area contributed by atoms with Gasteiger partial charge in [-0.2, -0.15) is 0 Å². The van der Waals surface area contributed by atoms with Crippen molar-refractivity contribution in [1.82, 2.24) is 15.2 Å². The topological polar surface area (TPSA) is 58.4 Å². The molecule has 2 saturated heterocycles. The van der Waals surface area contributed by atoms with E-state index in [0.29, 0.717) is 17.5 Å². The summed E-state index contributed by atoms with van der Waals surface area (Å²) in [5.41, 5.74) is 0.456. The van der Waals surface area contributed by atoms with Crippen LogP contribution in [0.3, 0.4) is 0 Å². The van der Waals surface area contributed by atoms with E-state index >= 15 is 0 Å². The van der Waals surface area contributed by atoms with Crippen LogP contribution in [0.15, 0.2) is 10.7 Å². The summed E-state index contributed by atoms with van der Waals surface area (Å²) in [6, 6.07) is 0.182. The highest BCUT2D eigenvalue weighted by molar-refractivity contribution is 5.92. The zero-order valence-electron chi connectivity index (χ0n) is 11.4. The van der Waals surface area contributed by atoms with E-state index in [9.17, 15) is 4.79 Å². The van der Waals surface area contributed by atoms with Crippen molar-refractivity contribution in [2.75, 3.05) is 19.6 Å². The predicted octanol–water partition coefficient (Wildman–Crippen LogP) is 1.97. The van der Waals surface area contributed by atoms with Gasteiger partial charge in [0.25, 0.3) is 5.91 Å². The second-order valence-electron chi connectivity index (χ2n) is 5.72. The van der Waals surface area contributed by atoms with Gasteiger partial charge in [-0.25, -0.2) is 4.98 Å². The number of piperidine rings is 1. The molecular weight excluding hydrogens is 242 g/mol. The van der Waals surface area contributed by atoms with Crippen molar-refractivity contribution in [3.63, 3.8) is 0 Å². The number of carbonyl (C=O) groups excluding carboxylic acids is 1. The third kappa shape index (κ3) is 2.66. The highest BCUT2D eigenvalue weighted by atomic mass is 16.3. The average Bonchev–Trinajstić information content (AvgIpc) is 3.08. The van der Waals surface area contributed by atoms with Crippen LogP contribution in [0.1, 0.15) is 55.0 Å². The molecule has 2 fully saturated rings. The highest BCUT2D eigenvalue weighted by Gasteiger charge is 2.27. The van der Waals surface area contributed by atoms with Crippen LogP contribution in [0.4, 0.5) is 0 Å². The minimum absolute atomic E-state index is 0.0135. The lowest BCUT2D eigenvalue weighted by Gasteiger charge is -2.30. The molecule has 0 saturated carbocycles. The quantitative estimate of drug-likeness (QED) is 0.886. The number of hydrogen-bond donors (Lipinski definition) is 1. The van der Waals surface area contributed by atoms with Gasteiger partial charge in [-0.1, -0.05) is 6.92 Å². The van der Waals surface area contributed by atoms with Gasteiger partial charge in [-0.3, -0.25) is 4.79 Å². The molecule has 1 aromatic heterocycles. The lowest BCUT2D eigenvalue weighted by Crippen LogP contribution is -2.39. The second-order valence-corrected chi connectivity index (χ2v) is 5.72. The first-order chi connectivity index (χ1) is 9.24. The lowest BCUT2D eigenvalue weighted by atomic mass is 10.0. The molecule has 3 rings (SSSR count). The molecule has 0 spiro atoms. The van der Waals surface area contributed by atoms with Crippen molar-refractivity contribution in [2.45, 2.75) is 38.6 Å². The largest absolute Gasteiger partial charge is 0.446 e. The third-order valence-corrected chi connectivity index (χ3v) is 4.04. The molecule has 5 nitrogen and oxygen atoms in total. The summed E-state index contributed by atoms with van der Waals surface area (Å²) in [7, 11) is 0. The van der Waals surface area contributed by atoms with E-state index in [1.165, 1.54) is 12.7 Å². The highest BCUT2D eigenvalue weighted by Crippen LogP contribution is 2.23. The molecule has 2 unspecified atom stereocenters. The SMILES string of the molecule is CC1CCCN(C(=O)c2coc(C3CCCN3)n2)C1. The van der Waals surface area contributed by atoms with Crippen molar-refractivity contribution in [1.29, 1.82) is 0 Å². The van der Waals surface area contributed by atoms with Crippen LogP contribution < -0.4 is 5.32 Å². The van der Waals surface area contributed by atoms with Crippen molar-refractivity contribution in [2.24, 2.45) is 5.92 Å². The summed E-state index contributed by atoms with van der Waals surface area (Å²) in [6.45, 7) is 4.87. The predicted molar refractivity (Wildman–Crippen MR) is 70.8 cm³/mol. The Morgan fingerprint density at radius 1 is 1.47 bits per heavy atom. The smallest absolute Gasteiger partial charge is 0.275 e. The van der Waals surface area contributed by atoms with E-state index in [1.54, 1.807) is 0 Å². The molecule has 5 heteroatoms. The van der Waals surface area contributed by atoms with E-state index < -0.39 is 0 Å². The molecule has 1 aromatic rings. The Morgan fingerprint density at radius 2 is 2.37 bits per heavy atom. The first-order valence-corrected chi connectivity index (χ1v) is 7.22. The molecule has 1 amide bonds. The summed E-state index contributed by atoms with van der Waals surface area (Å²) < 4.78 is 5.47. The number of likely N-dealkylation sites (tertiary alicyclic amines) is 1. The minimum Gasteiger partial charge on any atom is -0.446 e. The van der Waals surface area contributed by atoms with Gasteiger partial charge in [0, 0.05) is 13.1 Å². The zero-order valence-corrected chi connectivity index (χ0v) is 11.4. The molecule has 1 N–H and O–H groups in total. The first-order valence-electron chi connectivity index (χ1n) is 7.22. The zero-order chi connectivity index (χ0) is 13.2. The van der Waals surface area contributed by atoms with Crippen molar-refractivity contribution in [3.8, 4) is 0 Å². The summed E-state index contributed by atoms with van der Waals surface area (Å²) >= 11 is 0. The van der Waals surface area contributed by atoms with E-state index in [1.807, 2.05) is 4.90 Å². The van der Waals surface area contributed by atoms with E-state index in [2.05, 4.69) is 17.2 Å². The lowest BCUT2D eigenvalue weighted by molar-refractivity contribution is 0.0677. The number of nitrogens with one attached hydrogen (secondary N) is 1. The van der Waals surface area contributed by atoms with Crippen molar-refractivity contribution in [3.05, 3.63) is 17.8 Å². The normalized spacial score (nSPS) is 27.7. The van der Waals surface area contributed by atoms with Crippen LogP contribution in [0.25, 0.3) is 0 Å². The number of aromatic nitrogens is 1. The molecule has 0 aliphatic carbocycles. The Morgan fingerprint density at radius 3 is 3.11 bits per heavy atom. The Balaban J connectivity index is 1.69. The monoisotopic (exact) mass is 263 g/mol. The summed E-state index contributed by atoms with van der Waals surface area (Å²) in [5, 5.41) is 3.33. The molecule has 2 atom stereocenters. The fraction of sp³-hybridized carbons (Fsp3) is 0.714. The van der Waals surface area contributed by atoms with Crippen LogP contribution in [0.2, 0.25) is 0 Å². The number of nitrogens with zero attached hydrogens (tertiary/aromatic N) is 2. The molecule has 2 aliphatic heterocycles. The number of rotatable bonds is 2. The van der Waals surface area contributed by atoms with Gasteiger partial charge in [-0.15, -0.1) is 0 Å². The Kier molecular flexibility index (Phi) is 3.55. The molecule has 0 bridgehead atoms. The molecule has 19 heavy (non-hydrogen) atoms. The van der Waals surface area contributed by atoms with Gasteiger partial charge >= 0.3 is 0 Å². The fourth-order valence-corrected chi connectivity index (χ4v) is 2.98. The van der Waals surface area contributed by atoms with E-state index in [4.69, 9.17) is 4.42 Å². The molecule has 2 aliphatic rings. The molecule has 0 aromatic carbocycles. The van der Waals surface area contributed by atoms with Crippen LogP contribution >= 0.6 is 0 Å². The van der Waals surface area contributed by atoms with Gasteiger partial charge in [0.2, 0.25) is 5.89 Å². The van der Waals surface area contributed by atoms with Gasteiger partial charge in [0.05, 0.1) is 6.04 Å². The number of amides is 1. The maximum Gasteiger partial charge on any atom is 0.275 e. The third-order valence-electron chi connectivity index (χ3n) is 4.04. The van der Waals surface area contributed by atoms with Gasteiger partial charge in [0.1, 0.15) is 6.26 Å². The average molecular weight is 263 g/mol. The fourth-order valence-electron chi connectivity index (χ4n) is 2.98. The Hall–Kier alpha value is -1.36. The Labute approximate surface area is 113 Å². The first kappa shape index (κ1) is 12.7. The molecule has 0 radical (unpaired) electrons. The number of hydrogen-bond acceptors (Lipinski definition) is 4. The van der Waals surface area contributed by atoms with Crippen molar-refractivity contribution < 1.29 is 9.21 Å².